The highest BCUT2D eigenvalue weighted by Crippen LogP contribution is 2.31. The molecule has 144 valence electrons. The van der Waals surface area contributed by atoms with Gasteiger partial charge in [0.25, 0.3) is 5.91 Å². The first-order valence-electron chi connectivity index (χ1n) is 9.91. The Labute approximate surface area is 165 Å². The summed E-state index contributed by atoms with van der Waals surface area (Å²) in [4.78, 5) is 28.4. The molecule has 5 nitrogen and oxygen atoms in total. The van der Waals surface area contributed by atoms with Gasteiger partial charge in [0.05, 0.1) is 24.5 Å². The van der Waals surface area contributed by atoms with E-state index in [1.54, 1.807) is 4.90 Å². The predicted molar refractivity (Wildman–Crippen MR) is 111 cm³/mol. The number of quaternary nitrogens is 1. The second-order valence-corrected chi connectivity index (χ2v) is 7.61. The van der Waals surface area contributed by atoms with Crippen LogP contribution in [0.3, 0.4) is 0 Å². The minimum Gasteiger partial charge on any atom is -0.324 e. The minimum absolute atomic E-state index is 0.0454. The second kappa shape index (κ2) is 7.98. The molecule has 0 aromatic heterocycles. The highest BCUT2D eigenvalue weighted by atomic mass is 16.2. The summed E-state index contributed by atoms with van der Waals surface area (Å²) in [6, 6.07) is 17.8. The van der Waals surface area contributed by atoms with E-state index in [2.05, 4.69) is 35.7 Å². The normalized spacial score (nSPS) is 22.0. The molecule has 0 spiro atoms. The summed E-state index contributed by atoms with van der Waals surface area (Å²) in [6.45, 7) is 4.16. The smallest absolute Gasteiger partial charge is 0.282 e. The van der Waals surface area contributed by atoms with E-state index in [4.69, 9.17) is 0 Å². The van der Waals surface area contributed by atoms with Crippen LogP contribution in [0.15, 0.2) is 60.7 Å². The first kappa shape index (κ1) is 18.4. The highest BCUT2D eigenvalue weighted by Gasteiger charge is 2.31. The minimum atomic E-state index is -0.157. The first-order valence-corrected chi connectivity index (χ1v) is 9.91. The Morgan fingerprint density at radius 1 is 1.14 bits per heavy atom. The van der Waals surface area contributed by atoms with Gasteiger partial charge in [0, 0.05) is 18.9 Å². The molecule has 2 aliphatic heterocycles. The maximum Gasteiger partial charge on any atom is 0.282 e. The zero-order chi connectivity index (χ0) is 19.5. The molecule has 0 radical (unpaired) electrons. The van der Waals surface area contributed by atoms with Crippen LogP contribution in [0.5, 0.6) is 0 Å². The van der Waals surface area contributed by atoms with Gasteiger partial charge in [-0.2, -0.15) is 0 Å². The van der Waals surface area contributed by atoms with E-state index in [1.807, 2.05) is 37.3 Å². The third-order valence-electron chi connectivity index (χ3n) is 5.56. The number of nitrogens with zero attached hydrogens (tertiary/aromatic N) is 1. The topological polar surface area (TPSA) is 53.9 Å². The number of carbonyl (C=O) groups is 2. The van der Waals surface area contributed by atoms with Gasteiger partial charge in [0.15, 0.2) is 6.54 Å². The molecule has 2 aliphatic rings. The van der Waals surface area contributed by atoms with Crippen LogP contribution < -0.4 is 15.1 Å². The van der Waals surface area contributed by atoms with E-state index in [9.17, 15) is 9.59 Å². The second-order valence-electron chi connectivity index (χ2n) is 7.61. The fourth-order valence-electron chi connectivity index (χ4n) is 4.12. The summed E-state index contributed by atoms with van der Waals surface area (Å²) in [5.74, 6) is 0.0269. The van der Waals surface area contributed by atoms with Crippen molar-refractivity contribution in [3.8, 4) is 0 Å². The Kier molecular flexibility index (Phi) is 5.26. The monoisotopic (exact) mass is 376 g/mol. The Morgan fingerprint density at radius 2 is 1.89 bits per heavy atom. The van der Waals surface area contributed by atoms with E-state index in [0.717, 1.165) is 25.2 Å². The first-order chi connectivity index (χ1) is 13.6. The molecular formula is C23H26N3O2+. The number of nitrogens with one attached hydrogen (secondary N) is 2. The number of amides is 2. The number of para-hydroxylation sites is 2. The number of hydrogen-bond acceptors (Lipinski definition) is 2. The van der Waals surface area contributed by atoms with Crippen molar-refractivity contribution in [2.75, 3.05) is 29.9 Å². The van der Waals surface area contributed by atoms with Crippen molar-refractivity contribution < 1.29 is 14.5 Å². The van der Waals surface area contributed by atoms with E-state index in [0.29, 0.717) is 18.7 Å². The SMILES string of the molecule is C[C@@H]1CC(=O)Nc2ccccc2N1C(=O)C[NH+]1CC=C(c2ccccc2)CC1. The number of fused-ring (bicyclic) bond motifs is 1. The van der Waals surface area contributed by atoms with Gasteiger partial charge in [-0.25, -0.2) is 0 Å². The number of carbonyl (C=O) groups excluding carboxylic acids is 2. The van der Waals surface area contributed by atoms with Gasteiger partial charge in [-0.15, -0.1) is 0 Å². The van der Waals surface area contributed by atoms with E-state index in [-0.39, 0.29) is 17.9 Å². The maximum absolute atomic E-state index is 13.2. The van der Waals surface area contributed by atoms with E-state index >= 15 is 0 Å². The van der Waals surface area contributed by atoms with Crippen molar-refractivity contribution in [3.63, 3.8) is 0 Å². The Morgan fingerprint density at radius 3 is 2.64 bits per heavy atom. The molecule has 0 saturated carbocycles. The molecule has 5 heteroatoms. The average Bonchev–Trinajstić information content (AvgIpc) is 2.83. The van der Waals surface area contributed by atoms with E-state index < -0.39 is 0 Å². The van der Waals surface area contributed by atoms with Crippen LogP contribution in [-0.2, 0) is 9.59 Å². The zero-order valence-corrected chi connectivity index (χ0v) is 16.2. The molecule has 0 saturated heterocycles. The van der Waals surface area contributed by atoms with Crippen molar-refractivity contribution in [2.45, 2.75) is 25.8 Å². The predicted octanol–water partition coefficient (Wildman–Crippen LogP) is 2.12. The summed E-state index contributed by atoms with van der Waals surface area (Å²) < 4.78 is 0. The summed E-state index contributed by atoms with van der Waals surface area (Å²) >= 11 is 0. The van der Waals surface area contributed by atoms with E-state index in [1.165, 1.54) is 16.0 Å². The Hall–Kier alpha value is -2.92. The van der Waals surface area contributed by atoms with Crippen molar-refractivity contribution >= 4 is 28.8 Å². The summed E-state index contributed by atoms with van der Waals surface area (Å²) in [5, 5.41) is 2.92. The summed E-state index contributed by atoms with van der Waals surface area (Å²) in [7, 11) is 0. The zero-order valence-electron chi connectivity index (χ0n) is 16.2. The number of benzene rings is 2. The van der Waals surface area contributed by atoms with Gasteiger partial charge in [-0.1, -0.05) is 42.5 Å². The van der Waals surface area contributed by atoms with Crippen LogP contribution in [0.4, 0.5) is 11.4 Å². The van der Waals surface area contributed by atoms with Crippen LogP contribution in [0, 0.1) is 0 Å². The lowest BCUT2D eigenvalue weighted by molar-refractivity contribution is -0.886. The maximum atomic E-state index is 13.2. The van der Waals surface area contributed by atoms with Gasteiger partial charge in [0.1, 0.15) is 0 Å². The molecule has 2 heterocycles. The van der Waals surface area contributed by atoms with Crippen LogP contribution in [0.2, 0.25) is 0 Å². The van der Waals surface area contributed by atoms with Gasteiger partial charge in [-0.3, -0.25) is 9.59 Å². The molecule has 4 rings (SSSR count). The lowest BCUT2D eigenvalue weighted by atomic mass is 9.99. The molecule has 2 aromatic rings. The van der Waals surface area contributed by atoms with Gasteiger partial charge in [-0.05, 0) is 36.3 Å². The molecule has 2 N–H and O–H groups in total. The third kappa shape index (κ3) is 3.85. The number of rotatable bonds is 3. The quantitative estimate of drug-likeness (QED) is 0.862. The fourth-order valence-corrected chi connectivity index (χ4v) is 4.12. The van der Waals surface area contributed by atoms with Crippen LogP contribution in [0.1, 0.15) is 25.3 Å². The molecular weight excluding hydrogens is 350 g/mol. The molecule has 0 aliphatic carbocycles. The van der Waals surface area contributed by atoms with Gasteiger partial charge >= 0.3 is 0 Å². The average molecular weight is 376 g/mol. The molecule has 2 amide bonds. The molecule has 1 unspecified atom stereocenters. The fraction of sp³-hybridized carbons (Fsp3) is 0.304. The summed E-state index contributed by atoms with van der Waals surface area (Å²) in [6.07, 6.45) is 3.54. The van der Waals surface area contributed by atoms with Crippen molar-refractivity contribution in [3.05, 3.63) is 66.2 Å². The molecule has 28 heavy (non-hydrogen) atoms. The number of hydrogen-bond donors (Lipinski definition) is 2. The molecule has 0 fully saturated rings. The lowest BCUT2D eigenvalue weighted by Gasteiger charge is -2.30. The third-order valence-corrected chi connectivity index (χ3v) is 5.56. The molecule has 2 atom stereocenters. The van der Waals surface area contributed by atoms with Crippen molar-refractivity contribution in [1.29, 1.82) is 0 Å². The molecule has 0 bridgehead atoms. The standard InChI is InChI=1S/C23H25N3O2/c1-17-15-22(27)24-20-9-5-6-10-21(20)26(17)23(28)16-25-13-11-19(12-14-25)18-7-3-2-4-8-18/h2-11,17H,12-16H2,1H3,(H,24,27)/p+1/t17-/m1/s1. The van der Waals surface area contributed by atoms with Crippen molar-refractivity contribution in [1.82, 2.24) is 0 Å². The lowest BCUT2D eigenvalue weighted by Crippen LogP contribution is -3.13. The van der Waals surface area contributed by atoms with Crippen LogP contribution >= 0.6 is 0 Å². The van der Waals surface area contributed by atoms with Crippen molar-refractivity contribution in [2.24, 2.45) is 0 Å². The molecule has 2 aromatic carbocycles. The summed E-state index contributed by atoms with van der Waals surface area (Å²) in [5.41, 5.74) is 4.14. The van der Waals surface area contributed by atoms with Crippen LogP contribution in [0.25, 0.3) is 5.57 Å². The highest BCUT2D eigenvalue weighted by molar-refractivity contribution is 6.04. The number of anilines is 2. The largest absolute Gasteiger partial charge is 0.324 e. The Balaban J connectivity index is 1.48. The Bertz CT molecular complexity index is 907. The van der Waals surface area contributed by atoms with Crippen LogP contribution in [-0.4, -0.2) is 37.5 Å². The van der Waals surface area contributed by atoms with Gasteiger partial charge in [0.2, 0.25) is 5.91 Å². The van der Waals surface area contributed by atoms with Gasteiger partial charge < -0.3 is 15.1 Å².